The Morgan fingerprint density at radius 2 is 1.96 bits per heavy atom. The van der Waals surface area contributed by atoms with Gasteiger partial charge in [-0.3, -0.25) is 4.84 Å². The zero-order valence-corrected chi connectivity index (χ0v) is 15.9. The van der Waals surface area contributed by atoms with Crippen molar-refractivity contribution in [3.63, 3.8) is 0 Å². The lowest BCUT2D eigenvalue weighted by Gasteiger charge is -2.34. The van der Waals surface area contributed by atoms with E-state index >= 15 is 0 Å². The van der Waals surface area contributed by atoms with Gasteiger partial charge in [0.25, 0.3) is 0 Å². The topological polar surface area (TPSA) is 39.5 Å². The predicted octanol–water partition coefficient (Wildman–Crippen LogP) is 4.15. The molecule has 3 aromatic rings. The van der Waals surface area contributed by atoms with E-state index in [0.717, 1.165) is 18.7 Å². The molecule has 2 heterocycles. The summed E-state index contributed by atoms with van der Waals surface area (Å²) in [6.45, 7) is 1.23. The maximum atomic E-state index is 6.17. The van der Waals surface area contributed by atoms with Crippen molar-refractivity contribution >= 4 is 11.6 Å². The van der Waals surface area contributed by atoms with Gasteiger partial charge in [-0.05, 0) is 29.8 Å². The van der Waals surface area contributed by atoms with E-state index in [2.05, 4.69) is 33.8 Å². The van der Waals surface area contributed by atoms with Crippen LogP contribution in [-0.2, 0) is 16.9 Å². The number of likely N-dealkylation sites (N-methyl/N-ethyl adjacent to an activating group) is 1. The molecule has 1 aliphatic heterocycles. The Kier molecular flexibility index (Phi) is 5.16. The number of benzene rings is 2. The fraction of sp³-hybridized carbons (Fsp3) is 0.286. The average molecular weight is 384 g/mol. The van der Waals surface area contributed by atoms with Gasteiger partial charge < -0.3 is 9.30 Å². The number of aromatic nitrogens is 2. The molecule has 0 bridgehead atoms. The average Bonchev–Trinajstić information content (AvgIpc) is 3.31. The van der Waals surface area contributed by atoms with Gasteiger partial charge >= 0.3 is 0 Å². The van der Waals surface area contributed by atoms with Gasteiger partial charge in [0.05, 0.1) is 11.9 Å². The van der Waals surface area contributed by atoms with Crippen LogP contribution in [0.15, 0.2) is 73.3 Å². The fourth-order valence-corrected chi connectivity index (χ4v) is 3.79. The molecule has 1 aromatic heterocycles. The highest BCUT2D eigenvalue weighted by atomic mass is 35.5. The molecule has 0 saturated carbocycles. The summed E-state index contributed by atoms with van der Waals surface area (Å²) in [6.07, 6.45) is 6.40. The van der Waals surface area contributed by atoms with Crippen LogP contribution in [0.2, 0.25) is 5.02 Å². The molecule has 1 fully saturated rings. The third-order valence-corrected chi connectivity index (χ3v) is 5.29. The molecule has 140 valence electrons. The lowest BCUT2D eigenvalue weighted by Crippen LogP contribution is -2.41. The van der Waals surface area contributed by atoms with Gasteiger partial charge in [-0.15, -0.1) is 0 Å². The normalized spacial score (nSPS) is 22.8. The van der Waals surface area contributed by atoms with E-state index in [0.29, 0.717) is 11.6 Å². The molecule has 27 heavy (non-hydrogen) atoms. The summed E-state index contributed by atoms with van der Waals surface area (Å²) in [5.74, 6) is 0.789. The number of hydrogen-bond donors (Lipinski definition) is 0. The van der Waals surface area contributed by atoms with Crippen LogP contribution in [0.5, 0.6) is 5.75 Å². The van der Waals surface area contributed by atoms with E-state index in [-0.39, 0.29) is 11.6 Å². The minimum absolute atomic E-state index is 0.0468. The quantitative estimate of drug-likeness (QED) is 0.641. The number of ether oxygens (including phenoxy) is 1. The van der Waals surface area contributed by atoms with E-state index in [1.165, 1.54) is 5.56 Å². The lowest BCUT2D eigenvalue weighted by atomic mass is 9.85. The number of nitrogens with zero attached hydrogens (tertiary/aromatic N) is 3. The molecule has 0 radical (unpaired) electrons. The van der Waals surface area contributed by atoms with Crippen LogP contribution in [0.1, 0.15) is 12.0 Å². The first-order chi connectivity index (χ1) is 13.2. The van der Waals surface area contributed by atoms with Crippen molar-refractivity contribution in [2.45, 2.75) is 24.6 Å². The van der Waals surface area contributed by atoms with Crippen molar-refractivity contribution in [1.29, 1.82) is 0 Å². The van der Waals surface area contributed by atoms with Gasteiger partial charge in [-0.25, -0.2) is 4.98 Å². The molecule has 0 unspecified atom stereocenters. The summed E-state index contributed by atoms with van der Waals surface area (Å²) >= 11 is 5.94. The highest BCUT2D eigenvalue weighted by Crippen LogP contribution is 2.41. The molecule has 0 spiro atoms. The van der Waals surface area contributed by atoms with Gasteiger partial charge in [0, 0.05) is 37.4 Å². The Labute approximate surface area is 164 Å². The SMILES string of the molecule is CN1O[C@@H](COc2ccc(Cl)cc2)C[C@@]1(Cn1ccnc1)c1ccccc1. The zero-order chi connectivity index (χ0) is 18.7. The predicted molar refractivity (Wildman–Crippen MR) is 105 cm³/mol. The number of halogens is 1. The summed E-state index contributed by atoms with van der Waals surface area (Å²) in [5.41, 5.74) is 0.936. The molecule has 5 nitrogen and oxygen atoms in total. The van der Waals surface area contributed by atoms with Gasteiger partial charge in [-0.2, -0.15) is 5.06 Å². The zero-order valence-electron chi connectivity index (χ0n) is 15.2. The van der Waals surface area contributed by atoms with Crippen molar-refractivity contribution in [1.82, 2.24) is 14.6 Å². The Hall–Kier alpha value is -2.34. The van der Waals surface area contributed by atoms with Gasteiger partial charge in [0.15, 0.2) is 0 Å². The van der Waals surface area contributed by atoms with Crippen molar-refractivity contribution in [3.05, 3.63) is 83.9 Å². The summed E-state index contributed by atoms with van der Waals surface area (Å²) in [4.78, 5) is 10.4. The standard InChI is InChI=1S/C21H22ClN3O2/c1-24-21(15-25-12-11-23-16-25,17-5-3-2-4-6-17)13-20(27-24)14-26-19-9-7-18(22)8-10-19/h2-12,16,20H,13-15H2,1H3/t20-,21-/m1/s1. The molecule has 0 amide bonds. The Bertz CT molecular complexity index is 855. The van der Waals surface area contributed by atoms with E-state index in [1.807, 2.05) is 55.0 Å². The summed E-state index contributed by atoms with van der Waals surface area (Å²) in [7, 11) is 1.99. The van der Waals surface area contributed by atoms with Crippen molar-refractivity contribution in [3.8, 4) is 5.75 Å². The van der Waals surface area contributed by atoms with E-state index in [4.69, 9.17) is 21.2 Å². The van der Waals surface area contributed by atoms with Crippen molar-refractivity contribution in [2.24, 2.45) is 0 Å². The van der Waals surface area contributed by atoms with Crippen molar-refractivity contribution < 1.29 is 9.57 Å². The second-order valence-corrected chi connectivity index (χ2v) is 7.26. The summed E-state index contributed by atoms with van der Waals surface area (Å²) in [6, 6.07) is 17.9. The number of hydroxylamine groups is 2. The maximum absolute atomic E-state index is 6.17. The fourth-order valence-electron chi connectivity index (χ4n) is 3.66. The first kappa shape index (κ1) is 18.0. The Morgan fingerprint density at radius 1 is 1.19 bits per heavy atom. The van der Waals surface area contributed by atoms with Crippen LogP contribution in [0.3, 0.4) is 0 Å². The summed E-state index contributed by atoms with van der Waals surface area (Å²) in [5, 5.41) is 2.67. The van der Waals surface area contributed by atoms with Crippen LogP contribution in [0.25, 0.3) is 0 Å². The molecule has 1 saturated heterocycles. The second kappa shape index (κ2) is 7.72. The Balaban J connectivity index is 1.53. The number of rotatable bonds is 6. The Morgan fingerprint density at radius 3 is 2.67 bits per heavy atom. The molecule has 2 aromatic carbocycles. The van der Waals surface area contributed by atoms with Gasteiger partial charge in [0.1, 0.15) is 18.5 Å². The summed E-state index contributed by atoms with van der Waals surface area (Å²) < 4.78 is 8.02. The van der Waals surface area contributed by atoms with Crippen LogP contribution < -0.4 is 4.74 Å². The smallest absolute Gasteiger partial charge is 0.119 e. The van der Waals surface area contributed by atoms with E-state index < -0.39 is 0 Å². The van der Waals surface area contributed by atoms with E-state index in [9.17, 15) is 0 Å². The number of imidazole rings is 1. The van der Waals surface area contributed by atoms with Crippen LogP contribution in [0, 0.1) is 0 Å². The minimum atomic E-state index is -0.282. The minimum Gasteiger partial charge on any atom is -0.491 e. The highest BCUT2D eigenvalue weighted by molar-refractivity contribution is 6.30. The van der Waals surface area contributed by atoms with Crippen LogP contribution in [-0.4, -0.2) is 34.4 Å². The van der Waals surface area contributed by atoms with Gasteiger partial charge in [-0.1, -0.05) is 41.9 Å². The molecule has 0 N–H and O–H groups in total. The molecule has 1 aliphatic rings. The largest absolute Gasteiger partial charge is 0.491 e. The third-order valence-electron chi connectivity index (χ3n) is 5.04. The highest BCUT2D eigenvalue weighted by Gasteiger charge is 2.47. The van der Waals surface area contributed by atoms with Crippen molar-refractivity contribution in [2.75, 3.05) is 13.7 Å². The molecule has 0 aliphatic carbocycles. The van der Waals surface area contributed by atoms with E-state index in [1.54, 1.807) is 6.20 Å². The second-order valence-electron chi connectivity index (χ2n) is 6.83. The van der Waals surface area contributed by atoms with Crippen LogP contribution in [0.4, 0.5) is 0 Å². The monoisotopic (exact) mass is 383 g/mol. The first-order valence-corrected chi connectivity index (χ1v) is 9.34. The lowest BCUT2D eigenvalue weighted by molar-refractivity contribution is -0.179. The molecular formula is C21H22ClN3O2. The number of hydrogen-bond acceptors (Lipinski definition) is 4. The van der Waals surface area contributed by atoms with Gasteiger partial charge in [0.2, 0.25) is 0 Å². The third kappa shape index (κ3) is 3.86. The maximum Gasteiger partial charge on any atom is 0.119 e. The molecule has 4 rings (SSSR count). The van der Waals surface area contributed by atoms with Crippen LogP contribution >= 0.6 is 11.6 Å². The molecule has 2 atom stereocenters. The molecule has 6 heteroatoms. The first-order valence-electron chi connectivity index (χ1n) is 8.96. The molecular weight excluding hydrogens is 362 g/mol.